The second kappa shape index (κ2) is 5.73. The quantitative estimate of drug-likeness (QED) is 0.912. The van der Waals surface area contributed by atoms with Gasteiger partial charge in [0.1, 0.15) is 10.7 Å². The van der Waals surface area contributed by atoms with Gasteiger partial charge in [0.2, 0.25) is 5.91 Å². The Morgan fingerprint density at radius 1 is 1.30 bits per heavy atom. The van der Waals surface area contributed by atoms with Crippen LogP contribution in [0.15, 0.2) is 35.8 Å². The van der Waals surface area contributed by atoms with Gasteiger partial charge in [-0.25, -0.2) is 4.98 Å². The molecule has 2 aromatic rings. The number of aromatic nitrogens is 1. The Bertz CT molecular complexity index is 596. The van der Waals surface area contributed by atoms with Gasteiger partial charge in [-0.3, -0.25) is 4.79 Å². The number of thiazole rings is 1. The van der Waals surface area contributed by atoms with E-state index in [0.717, 1.165) is 35.5 Å². The number of hydrogen-bond acceptors (Lipinski definition) is 4. The van der Waals surface area contributed by atoms with Crippen LogP contribution in [-0.4, -0.2) is 16.9 Å². The van der Waals surface area contributed by atoms with Crippen molar-refractivity contribution in [3.63, 3.8) is 0 Å². The molecule has 2 atom stereocenters. The predicted octanol–water partition coefficient (Wildman–Crippen LogP) is 2.88. The summed E-state index contributed by atoms with van der Waals surface area (Å²) in [5.74, 6) is 0.107. The first-order valence-corrected chi connectivity index (χ1v) is 7.67. The summed E-state index contributed by atoms with van der Waals surface area (Å²) in [7, 11) is 0. The normalized spacial score (nSPS) is 21.9. The predicted molar refractivity (Wildman–Crippen MR) is 81.5 cm³/mol. The lowest BCUT2D eigenvalue weighted by atomic mass is 10.1. The molecule has 1 heterocycles. The molecule has 2 unspecified atom stereocenters. The van der Waals surface area contributed by atoms with Crippen molar-refractivity contribution in [2.24, 2.45) is 11.7 Å². The number of rotatable bonds is 3. The first kappa shape index (κ1) is 13.3. The minimum atomic E-state index is 0.0377. The minimum absolute atomic E-state index is 0.0377. The lowest BCUT2D eigenvalue weighted by Gasteiger charge is -2.10. The van der Waals surface area contributed by atoms with Crippen molar-refractivity contribution < 1.29 is 4.79 Å². The molecule has 0 saturated heterocycles. The van der Waals surface area contributed by atoms with E-state index in [9.17, 15) is 4.79 Å². The molecule has 1 aromatic carbocycles. The van der Waals surface area contributed by atoms with Gasteiger partial charge in [0.05, 0.1) is 5.51 Å². The summed E-state index contributed by atoms with van der Waals surface area (Å²) in [4.78, 5) is 16.6. The second-order valence-electron chi connectivity index (χ2n) is 5.16. The minimum Gasteiger partial charge on any atom is -0.328 e. The van der Waals surface area contributed by atoms with Gasteiger partial charge in [-0.1, -0.05) is 30.3 Å². The number of carbonyl (C=O) groups is 1. The maximum atomic E-state index is 12.3. The Morgan fingerprint density at radius 2 is 2.10 bits per heavy atom. The van der Waals surface area contributed by atoms with Gasteiger partial charge < -0.3 is 11.1 Å². The molecule has 1 aliphatic rings. The van der Waals surface area contributed by atoms with Crippen LogP contribution < -0.4 is 11.1 Å². The Morgan fingerprint density at radius 3 is 2.80 bits per heavy atom. The zero-order valence-corrected chi connectivity index (χ0v) is 11.9. The van der Waals surface area contributed by atoms with Crippen molar-refractivity contribution in [1.29, 1.82) is 0 Å². The maximum absolute atomic E-state index is 12.3. The first-order valence-electron chi connectivity index (χ1n) is 6.79. The Balaban J connectivity index is 1.76. The fourth-order valence-corrected chi connectivity index (χ4v) is 3.31. The highest BCUT2D eigenvalue weighted by molar-refractivity contribution is 7.14. The van der Waals surface area contributed by atoms with Crippen molar-refractivity contribution in [2.75, 3.05) is 5.32 Å². The van der Waals surface area contributed by atoms with Crippen LogP contribution in [0.5, 0.6) is 0 Å². The number of nitrogens with two attached hydrogens (primary N) is 1. The molecule has 1 saturated carbocycles. The number of hydrogen-bond donors (Lipinski definition) is 2. The van der Waals surface area contributed by atoms with Crippen LogP contribution >= 0.6 is 11.3 Å². The molecule has 3 N–H and O–H groups in total. The van der Waals surface area contributed by atoms with Crippen LogP contribution in [0.2, 0.25) is 0 Å². The smallest absolute Gasteiger partial charge is 0.228 e. The Hall–Kier alpha value is -1.72. The number of anilines is 1. The van der Waals surface area contributed by atoms with E-state index < -0.39 is 0 Å². The van der Waals surface area contributed by atoms with Crippen molar-refractivity contribution in [1.82, 2.24) is 4.98 Å². The first-order chi connectivity index (χ1) is 9.74. The number of nitrogens with zero attached hydrogens (tertiary/aromatic N) is 1. The second-order valence-corrected chi connectivity index (χ2v) is 6.01. The number of nitrogens with one attached hydrogen (secondary N) is 1. The topological polar surface area (TPSA) is 68.0 Å². The summed E-state index contributed by atoms with van der Waals surface area (Å²) in [5, 5.41) is 3.83. The molecule has 0 radical (unpaired) electrons. The molecule has 1 aromatic heterocycles. The molecule has 1 fully saturated rings. The number of benzene rings is 1. The maximum Gasteiger partial charge on any atom is 0.228 e. The van der Waals surface area contributed by atoms with Crippen molar-refractivity contribution in [3.05, 3.63) is 35.8 Å². The highest BCUT2D eigenvalue weighted by atomic mass is 32.1. The van der Waals surface area contributed by atoms with Gasteiger partial charge in [-0.2, -0.15) is 0 Å². The van der Waals surface area contributed by atoms with E-state index in [-0.39, 0.29) is 17.9 Å². The van der Waals surface area contributed by atoms with Crippen molar-refractivity contribution in [2.45, 2.75) is 25.3 Å². The molecule has 0 spiro atoms. The van der Waals surface area contributed by atoms with Gasteiger partial charge in [0, 0.05) is 17.5 Å². The monoisotopic (exact) mass is 287 g/mol. The lowest BCUT2D eigenvalue weighted by molar-refractivity contribution is -0.119. The van der Waals surface area contributed by atoms with Crippen LogP contribution in [0.1, 0.15) is 19.3 Å². The van der Waals surface area contributed by atoms with Crippen LogP contribution in [0, 0.1) is 5.92 Å². The number of amides is 1. The van der Waals surface area contributed by atoms with E-state index in [4.69, 9.17) is 5.73 Å². The van der Waals surface area contributed by atoms with Crippen molar-refractivity contribution >= 4 is 22.2 Å². The molecule has 1 aliphatic carbocycles. The third-order valence-corrected chi connectivity index (χ3v) is 4.44. The average Bonchev–Trinajstić information content (AvgIpc) is 3.09. The summed E-state index contributed by atoms with van der Waals surface area (Å²) in [6.45, 7) is 0. The van der Waals surface area contributed by atoms with E-state index in [2.05, 4.69) is 10.3 Å². The highest BCUT2D eigenvalue weighted by Gasteiger charge is 2.28. The average molecular weight is 287 g/mol. The standard InChI is InChI=1S/C15H17N3OS/c16-12-7-6-11(8-12)14(19)18-15-13(17-9-20-15)10-4-2-1-3-5-10/h1-5,9,11-12H,6-8,16H2,(H,18,19). The summed E-state index contributed by atoms with van der Waals surface area (Å²) in [6, 6.07) is 10.1. The molecule has 5 heteroatoms. The van der Waals surface area contributed by atoms with Gasteiger partial charge in [-0.15, -0.1) is 11.3 Å². The Labute approximate surface area is 122 Å². The number of carbonyl (C=O) groups excluding carboxylic acids is 1. The van der Waals surface area contributed by atoms with E-state index in [1.165, 1.54) is 11.3 Å². The van der Waals surface area contributed by atoms with E-state index in [0.29, 0.717) is 0 Å². The molecule has 3 rings (SSSR count). The molecule has 0 aliphatic heterocycles. The third kappa shape index (κ3) is 2.73. The van der Waals surface area contributed by atoms with Crippen LogP contribution in [-0.2, 0) is 4.79 Å². The largest absolute Gasteiger partial charge is 0.328 e. The van der Waals surface area contributed by atoms with Gasteiger partial charge in [-0.05, 0) is 19.3 Å². The molecule has 4 nitrogen and oxygen atoms in total. The summed E-state index contributed by atoms with van der Waals surface area (Å²) in [5.41, 5.74) is 9.49. The molecule has 0 bridgehead atoms. The molecule has 20 heavy (non-hydrogen) atoms. The van der Waals surface area contributed by atoms with Crippen molar-refractivity contribution in [3.8, 4) is 11.3 Å². The van der Waals surface area contributed by atoms with E-state index in [1.54, 1.807) is 5.51 Å². The molecular weight excluding hydrogens is 270 g/mol. The van der Waals surface area contributed by atoms with Crippen LogP contribution in [0.3, 0.4) is 0 Å². The Kier molecular flexibility index (Phi) is 3.80. The molecular formula is C15H17N3OS. The van der Waals surface area contributed by atoms with Crippen LogP contribution in [0.4, 0.5) is 5.00 Å². The SMILES string of the molecule is NC1CCC(C(=O)Nc2scnc2-c2ccccc2)C1. The summed E-state index contributed by atoms with van der Waals surface area (Å²) in [6.07, 6.45) is 2.60. The fraction of sp³-hybridized carbons (Fsp3) is 0.333. The van der Waals surface area contributed by atoms with Crippen LogP contribution in [0.25, 0.3) is 11.3 Å². The van der Waals surface area contributed by atoms with E-state index in [1.807, 2.05) is 30.3 Å². The fourth-order valence-electron chi connectivity index (χ4n) is 2.61. The summed E-state index contributed by atoms with van der Waals surface area (Å²) >= 11 is 1.46. The third-order valence-electron chi connectivity index (χ3n) is 3.70. The molecule has 1 amide bonds. The molecule has 104 valence electrons. The highest BCUT2D eigenvalue weighted by Crippen LogP contribution is 2.32. The van der Waals surface area contributed by atoms with Gasteiger partial charge in [0.25, 0.3) is 0 Å². The summed E-state index contributed by atoms with van der Waals surface area (Å²) < 4.78 is 0. The lowest BCUT2D eigenvalue weighted by Crippen LogP contribution is -2.23. The van der Waals surface area contributed by atoms with Gasteiger partial charge in [0.15, 0.2) is 0 Å². The zero-order chi connectivity index (χ0) is 13.9. The van der Waals surface area contributed by atoms with Gasteiger partial charge >= 0.3 is 0 Å². The zero-order valence-electron chi connectivity index (χ0n) is 11.1. The van der Waals surface area contributed by atoms with E-state index >= 15 is 0 Å².